The first kappa shape index (κ1) is 23.3. The van der Waals surface area contributed by atoms with Crippen molar-refractivity contribution < 1.29 is 21.8 Å². The number of sulfone groups is 1. The van der Waals surface area contributed by atoms with Crippen LogP contribution in [-0.2, 0) is 32.8 Å². The second-order valence-corrected chi connectivity index (χ2v) is 11.4. The van der Waals surface area contributed by atoms with Crippen LogP contribution in [-0.4, -0.2) is 52.5 Å². The van der Waals surface area contributed by atoms with Gasteiger partial charge in [-0.15, -0.1) is 0 Å². The van der Waals surface area contributed by atoms with Gasteiger partial charge in [-0.05, 0) is 61.2 Å². The minimum absolute atomic E-state index is 0.0223. The normalized spacial score (nSPS) is 14.9. The zero-order valence-electron chi connectivity index (χ0n) is 17.2. The van der Waals surface area contributed by atoms with Crippen LogP contribution in [0, 0.1) is 10.1 Å². The van der Waals surface area contributed by atoms with Crippen LogP contribution in [0.3, 0.4) is 0 Å². The lowest BCUT2D eigenvalue weighted by Gasteiger charge is -2.28. The highest BCUT2D eigenvalue weighted by molar-refractivity contribution is 7.90. The van der Waals surface area contributed by atoms with Crippen molar-refractivity contribution in [3.8, 4) is 0 Å². The summed E-state index contributed by atoms with van der Waals surface area (Å²) in [5.41, 5.74) is 2.20. The first-order valence-electron chi connectivity index (χ1n) is 9.84. The van der Waals surface area contributed by atoms with Crippen LogP contribution in [0.1, 0.15) is 24.0 Å². The molecule has 0 unspecified atom stereocenters. The van der Waals surface area contributed by atoms with Gasteiger partial charge in [0.1, 0.15) is 0 Å². The van der Waals surface area contributed by atoms with Crippen LogP contribution in [0.4, 0.5) is 5.69 Å². The molecule has 2 aromatic carbocycles. The summed E-state index contributed by atoms with van der Waals surface area (Å²) in [5.74, 6) is 0. The zero-order valence-corrected chi connectivity index (χ0v) is 18.8. The van der Waals surface area contributed by atoms with Crippen molar-refractivity contribution in [2.75, 3.05) is 25.9 Å². The molecule has 0 atom stereocenters. The summed E-state index contributed by atoms with van der Waals surface area (Å²) in [6.45, 7) is 2.55. The van der Waals surface area contributed by atoms with E-state index >= 15 is 0 Å². The van der Waals surface area contributed by atoms with Gasteiger partial charge in [0.05, 0.1) is 14.7 Å². The average Bonchev–Trinajstić information content (AvgIpc) is 2.72. The highest BCUT2D eigenvalue weighted by Gasteiger charge is 2.19. The van der Waals surface area contributed by atoms with Crippen molar-refractivity contribution in [2.24, 2.45) is 0 Å². The van der Waals surface area contributed by atoms with Crippen molar-refractivity contribution in [1.82, 2.24) is 9.62 Å². The van der Waals surface area contributed by atoms with Crippen molar-refractivity contribution in [3.63, 3.8) is 0 Å². The molecule has 3 rings (SSSR count). The van der Waals surface area contributed by atoms with E-state index in [0.29, 0.717) is 13.0 Å². The minimum atomic E-state index is -3.70. The molecule has 1 N–H and O–H groups in total. The minimum Gasteiger partial charge on any atom is -0.299 e. The van der Waals surface area contributed by atoms with Gasteiger partial charge in [-0.25, -0.2) is 21.6 Å². The summed E-state index contributed by atoms with van der Waals surface area (Å²) < 4.78 is 50.2. The van der Waals surface area contributed by atoms with E-state index in [0.717, 1.165) is 43.3 Å². The van der Waals surface area contributed by atoms with Gasteiger partial charge < -0.3 is 0 Å². The van der Waals surface area contributed by atoms with Gasteiger partial charge in [-0.1, -0.05) is 6.07 Å². The third kappa shape index (κ3) is 6.10. The first-order valence-corrected chi connectivity index (χ1v) is 13.2. The number of rotatable bonds is 9. The monoisotopic (exact) mass is 467 g/mol. The van der Waals surface area contributed by atoms with E-state index in [1.807, 2.05) is 6.07 Å². The summed E-state index contributed by atoms with van der Waals surface area (Å²) in [4.78, 5) is 12.9. The van der Waals surface area contributed by atoms with Gasteiger partial charge in [0.15, 0.2) is 9.84 Å². The van der Waals surface area contributed by atoms with Crippen molar-refractivity contribution >= 4 is 25.5 Å². The van der Waals surface area contributed by atoms with Gasteiger partial charge in [0.2, 0.25) is 10.0 Å². The molecule has 2 aromatic rings. The SMILES string of the molecule is CS(=O)(=O)c1ccc(S(=O)(=O)NCCCCN2CCc3ccc([N+](=O)[O-])cc3C2)cc1. The Hall–Kier alpha value is -2.34. The second kappa shape index (κ2) is 9.43. The molecule has 0 bridgehead atoms. The highest BCUT2D eigenvalue weighted by atomic mass is 32.2. The van der Waals surface area contributed by atoms with Gasteiger partial charge in [-0.2, -0.15) is 0 Å². The van der Waals surface area contributed by atoms with E-state index in [2.05, 4.69) is 9.62 Å². The van der Waals surface area contributed by atoms with Crippen molar-refractivity contribution in [1.29, 1.82) is 0 Å². The molecule has 1 aliphatic heterocycles. The summed E-state index contributed by atoms with van der Waals surface area (Å²) in [6, 6.07) is 10.1. The Morgan fingerprint density at radius 3 is 2.32 bits per heavy atom. The fourth-order valence-corrected chi connectivity index (χ4v) is 5.23. The Kier molecular flexibility index (Phi) is 7.10. The van der Waals surface area contributed by atoms with E-state index in [1.165, 1.54) is 30.3 Å². The number of hydrogen-bond donors (Lipinski definition) is 1. The Bertz CT molecular complexity index is 1160. The summed E-state index contributed by atoms with van der Waals surface area (Å²) in [6.07, 6.45) is 3.32. The molecule has 0 aliphatic carbocycles. The Labute approximate surface area is 182 Å². The molecule has 1 heterocycles. The van der Waals surface area contributed by atoms with Crippen molar-refractivity contribution in [3.05, 3.63) is 63.7 Å². The standard InChI is InChI=1S/C20H25N3O6S2/c1-30(26,27)19-6-8-20(9-7-19)31(28,29)21-11-2-3-12-22-13-10-16-4-5-18(23(24)25)14-17(16)15-22/h4-9,14,21H,2-3,10-13,15H2,1H3. The Morgan fingerprint density at radius 1 is 1.00 bits per heavy atom. The van der Waals surface area contributed by atoms with Crippen LogP contribution in [0.15, 0.2) is 52.3 Å². The second-order valence-electron chi connectivity index (χ2n) is 7.58. The molecule has 1 aliphatic rings. The molecule has 0 saturated carbocycles. The number of unbranched alkanes of at least 4 members (excludes halogenated alkanes) is 1. The van der Waals surface area contributed by atoms with E-state index in [4.69, 9.17) is 0 Å². The molecule has 0 amide bonds. The Morgan fingerprint density at radius 2 is 1.68 bits per heavy atom. The number of nitrogens with one attached hydrogen (secondary N) is 1. The largest absolute Gasteiger partial charge is 0.299 e. The number of hydrogen-bond acceptors (Lipinski definition) is 7. The van der Waals surface area contributed by atoms with Crippen LogP contribution < -0.4 is 4.72 Å². The van der Waals surface area contributed by atoms with Crippen LogP contribution in [0.5, 0.6) is 0 Å². The molecule has 0 fully saturated rings. The molecular weight excluding hydrogens is 442 g/mol. The molecule has 9 nitrogen and oxygen atoms in total. The molecule has 31 heavy (non-hydrogen) atoms. The molecule has 11 heteroatoms. The number of non-ortho nitro benzene ring substituents is 1. The van der Waals surface area contributed by atoms with E-state index in [-0.39, 0.29) is 26.9 Å². The smallest absolute Gasteiger partial charge is 0.269 e. The fraction of sp³-hybridized carbons (Fsp3) is 0.400. The summed E-state index contributed by atoms with van der Waals surface area (Å²) in [5, 5.41) is 11.0. The molecule has 0 radical (unpaired) electrons. The number of benzene rings is 2. The maximum Gasteiger partial charge on any atom is 0.269 e. The topological polar surface area (TPSA) is 127 Å². The first-order chi connectivity index (χ1) is 14.6. The highest BCUT2D eigenvalue weighted by Crippen LogP contribution is 2.24. The average molecular weight is 468 g/mol. The molecular formula is C20H25N3O6S2. The van der Waals surface area contributed by atoms with Crippen LogP contribution in [0.25, 0.3) is 0 Å². The molecule has 0 aromatic heterocycles. The third-order valence-corrected chi connectivity index (χ3v) is 7.85. The Balaban J connectivity index is 1.46. The number of nitro groups is 1. The lowest BCUT2D eigenvalue weighted by Crippen LogP contribution is -2.32. The predicted molar refractivity (Wildman–Crippen MR) is 116 cm³/mol. The van der Waals surface area contributed by atoms with E-state index < -0.39 is 19.9 Å². The van der Waals surface area contributed by atoms with Gasteiger partial charge >= 0.3 is 0 Å². The van der Waals surface area contributed by atoms with E-state index in [9.17, 15) is 26.9 Å². The third-order valence-electron chi connectivity index (χ3n) is 5.25. The van der Waals surface area contributed by atoms with Gasteiger partial charge in [0.25, 0.3) is 5.69 Å². The summed E-state index contributed by atoms with van der Waals surface area (Å²) in [7, 11) is -7.08. The molecule has 0 saturated heterocycles. The van der Waals surface area contributed by atoms with Crippen molar-refractivity contribution in [2.45, 2.75) is 35.6 Å². The van der Waals surface area contributed by atoms with E-state index in [1.54, 1.807) is 6.07 Å². The number of nitrogens with zero attached hydrogens (tertiary/aromatic N) is 2. The molecule has 0 spiro atoms. The van der Waals surface area contributed by atoms with Crippen LogP contribution in [0.2, 0.25) is 0 Å². The zero-order chi connectivity index (χ0) is 22.6. The fourth-order valence-electron chi connectivity index (χ4n) is 3.52. The maximum absolute atomic E-state index is 12.4. The van der Waals surface area contributed by atoms with Crippen LogP contribution >= 0.6 is 0 Å². The quantitative estimate of drug-likeness (QED) is 0.340. The van der Waals surface area contributed by atoms with Gasteiger partial charge in [-0.3, -0.25) is 15.0 Å². The number of sulfonamides is 1. The maximum atomic E-state index is 12.4. The number of fused-ring (bicyclic) bond motifs is 1. The lowest BCUT2D eigenvalue weighted by molar-refractivity contribution is -0.385. The lowest BCUT2D eigenvalue weighted by atomic mass is 9.99. The molecule has 168 valence electrons. The number of nitro benzene ring substituents is 1. The summed E-state index contributed by atoms with van der Waals surface area (Å²) >= 11 is 0. The van der Waals surface area contributed by atoms with Gasteiger partial charge in [0, 0.05) is 38.0 Å². The predicted octanol–water partition coefficient (Wildman–Crippen LogP) is 2.12.